The maximum atomic E-state index is 12.5. The molecule has 5 nitrogen and oxygen atoms in total. The number of carbonyl (C=O) groups is 1. The van der Waals surface area contributed by atoms with Crippen LogP contribution in [0.1, 0.15) is 25.3 Å². The zero-order valence-electron chi connectivity index (χ0n) is 14.7. The molecule has 1 N–H and O–H groups in total. The zero-order chi connectivity index (χ0) is 16.9. The molecule has 0 aliphatic carbocycles. The van der Waals surface area contributed by atoms with Crippen LogP contribution in [0.2, 0.25) is 0 Å². The Balaban J connectivity index is 1.48. The molecule has 5 heteroatoms. The van der Waals surface area contributed by atoms with Gasteiger partial charge in [0.25, 0.3) is 0 Å². The molecule has 1 fully saturated rings. The molecule has 1 saturated heterocycles. The number of fused-ring (bicyclic) bond motifs is 1. The molecule has 3 rings (SSSR count). The van der Waals surface area contributed by atoms with E-state index in [2.05, 4.69) is 17.1 Å². The minimum Gasteiger partial charge on any atom is -0.497 e. The third kappa shape index (κ3) is 4.01. The first-order valence-corrected chi connectivity index (χ1v) is 8.99. The summed E-state index contributed by atoms with van der Waals surface area (Å²) in [7, 11) is 1.64. The second kappa shape index (κ2) is 7.88. The molecule has 0 radical (unpaired) electrons. The predicted octanol–water partition coefficient (Wildman–Crippen LogP) is 2.09. The average molecular weight is 332 g/mol. The van der Waals surface area contributed by atoms with Crippen molar-refractivity contribution in [2.75, 3.05) is 39.9 Å². The molecular formula is C19H28N2O3. The Morgan fingerprint density at radius 3 is 2.88 bits per heavy atom. The van der Waals surface area contributed by atoms with E-state index in [-0.39, 0.29) is 11.8 Å². The van der Waals surface area contributed by atoms with Gasteiger partial charge < -0.3 is 19.7 Å². The van der Waals surface area contributed by atoms with E-state index in [1.807, 2.05) is 18.2 Å². The number of ether oxygens (including phenoxy) is 2. The highest BCUT2D eigenvalue weighted by molar-refractivity contribution is 5.79. The SMILES string of the molecule is CCN1CCC(CNC(=O)C2COc3cc(OC)ccc3C2)CC1. The van der Waals surface area contributed by atoms with E-state index in [0.29, 0.717) is 12.5 Å². The smallest absolute Gasteiger partial charge is 0.226 e. The molecule has 0 saturated carbocycles. The van der Waals surface area contributed by atoms with Crippen molar-refractivity contribution < 1.29 is 14.3 Å². The third-order valence-electron chi connectivity index (χ3n) is 5.27. The van der Waals surface area contributed by atoms with Crippen molar-refractivity contribution in [3.63, 3.8) is 0 Å². The molecule has 2 aliphatic heterocycles. The van der Waals surface area contributed by atoms with E-state index >= 15 is 0 Å². The largest absolute Gasteiger partial charge is 0.497 e. The van der Waals surface area contributed by atoms with Gasteiger partial charge in [0.15, 0.2) is 0 Å². The van der Waals surface area contributed by atoms with Crippen molar-refractivity contribution in [1.29, 1.82) is 0 Å². The van der Waals surface area contributed by atoms with Gasteiger partial charge >= 0.3 is 0 Å². The Morgan fingerprint density at radius 1 is 1.38 bits per heavy atom. The average Bonchev–Trinajstić information content (AvgIpc) is 2.65. The van der Waals surface area contributed by atoms with Gasteiger partial charge in [-0.2, -0.15) is 0 Å². The Hall–Kier alpha value is -1.75. The van der Waals surface area contributed by atoms with Crippen LogP contribution in [0.4, 0.5) is 0 Å². The van der Waals surface area contributed by atoms with Gasteiger partial charge in [-0.1, -0.05) is 13.0 Å². The van der Waals surface area contributed by atoms with Crippen molar-refractivity contribution in [3.8, 4) is 11.5 Å². The van der Waals surface area contributed by atoms with Crippen molar-refractivity contribution in [3.05, 3.63) is 23.8 Å². The van der Waals surface area contributed by atoms with Gasteiger partial charge in [0.2, 0.25) is 5.91 Å². The second-order valence-electron chi connectivity index (χ2n) is 6.81. The molecule has 132 valence electrons. The van der Waals surface area contributed by atoms with E-state index in [1.54, 1.807) is 7.11 Å². The highest BCUT2D eigenvalue weighted by atomic mass is 16.5. The Bertz CT molecular complexity index is 568. The quantitative estimate of drug-likeness (QED) is 0.897. The first-order chi connectivity index (χ1) is 11.7. The van der Waals surface area contributed by atoms with Gasteiger partial charge in [-0.15, -0.1) is 0 Å². The summed E-state index contributed by atoms with van der Waals surface area (Å²) in [4.78, 5) is 14.9. The molecular weight excluding hydrogens is 304 g/mol. The number of benzene rings is 1. The zero-order valence-corrected chi connectivity index (χ0v) is 14.7. The van der Waals surface area contributed by atoms with Crippen molar-refractivity contribution in [2.45, 2.75) is 26.2 Å². The number of likely N-dealkylation sites (tertiary alicyclic amines) is 1. The fourth-order valence-corrected chi connectivity index (χ4v) is 3.54. The van der Waals surface area contributed by atoms with Crippen LogP contribution in [0.25, 0.3) is 0 Å². The van der Waals surface area contributed by atoms with Gasteiger partial charge in [0, 0.05) is 12.6 Å². The van der Waals surface area contributed by atoms with E-state index in [4.69, 9.17) is 9.47 Å². The van der Waals surface area contributed by atoms with Crippen LogP contribution in [0.3, 0.4) is 0 Å². The fraction of sp³-hybridized carbons (Fsp3) is 0.632. The molecule has 2 heterocycles. The highest BCUT2D eigenvalue weighted by Crippen LogP contribution is 2.31. The lowest BCUT2D eigenvalue weighted by Crippen LogP contribution is -2.42. The molecule has 2 aliphatic rings. The Kier molecular flexibility index (Phi) is 5.61. The summed E-state index contributed by atoms with van der Waals surface area (Å²) in [6.45, 7) is 6.88. The number of amides is 1. The Morgan fingerprint density at radius 2 is 2.17 bits per heavy atom. The molecule has 1 aromatic rings. The number of piperidine rings is 1. The summed E-state index contributed by atoms with van der Waals surface area (Å²) in [6, 6.07) is 5.81. The lowest BCUT2D eigenvalue weighted by Gasteiger charge is -2.31. The van der Waals surface area contributed by atoms with Gasteiger partial charge in [-0.3, -0.25) is 4.79 Å². The Labute approximate surface area is 144 Å². The number of nitrogens with zero attached hydrogens (tertiary/aromatic N) is 1. The minimum absolute atomic E-state index is 0.0957. The molecule has 1 atom stereocenters. The first-order valence-electron chi connectivity index (χ1n) is 8.99. The lowest BCUT2D eigenvalue weighted by atomic mass is 9.94. The molecule has 1 unspecified atom stereocenters. The molecule has 1 aromatic carbocycles. The van der Waals surface area contributed by atoms with Crippen LogP contribution in [0, 0.1) is 11.8 Å². The number of hydrogen-bond donors (Lipinski definition) is 1. The van der Waals surface area contributed by atoms with Crippen LogP contribution in [0.5, 0.6) is 11.5 Å². The topological polar surface area (TPSA) is 50.8 Å². The van der Waals surface area contributed by atoms with E-state index in [0.717, 1.165) is 49.7 Å². The van der Waals surface area contributed by atoms with Crippen molar-refractivity contribution in [2.24, 2.45) is 11.8 Å². The van der Waals surface area contributed by atoms with E-state index in [9.17, 15) is 4.79 Å². The number of carbonyl (C=O) groups excluding carboxylic acids is 1. The molecule has 24 heavy (non-hydrogen) atoms. The van der Waals surface area contributed by atoms with Gasteiger partial charge in [0.1, 0.15) is 18.1 Å². The van der Waals surface area contributed by atoms with Gasteiger partial charge in [0.05, 0.1) is 13.0 Å². The molecule has 0 aromatic heterocycles. The standard InChI is InChI=1S/C19H28N2O3/c1-3-21-8-6-14(7-9-21)12-20-19(22)16-10-15-4-5-17(23-2)11-18(15)24-13-16/h4-5,11,14,16H,3,6-10,12-13H2,1-2H3,(H,20,22). The molecule has 0 bridgehead atoms. The summed E-state index contributed by atoms with van der Waals surface area (Å²) in [5, 5.41) is 3.15. The number of methoxy groups -OCH3 is 1. The number of nitrogens with one attached hydrogen (secondary N) is 1. The second-order valence-corrected chi connectivity index (χ2v) is 6.81. The summed E-state index contributed by atoms with van der Waals surface area (Å²) in [6.07, 6.45) is 3.09. The van der Waals surface area contributed by atoms with Crippen LogP contribution >= 0.6 is 0 Å². The number of hydrogen-bond acceptors (Lipinski definition) is 4. The lowest BCUT2D eigenvalue weighted by molar-refractivity contribution is -0.126. The van der Waals surface area contributed by atoms with E-state index < -0.39 is 0 Å². The summed E-state index contributed by atoms with van der Waals surface area (Å²) in [5.41, 5.74) is 1.08. The summed E-state index contributed by atoms with van der Waals surface area (Å²) in [5.74, 6) is 2.26. The minimum atomic E-state index is -0.0957. The summed E-state index contributed by atoms with van der Waals surface area (Å²) < 4.78 is 11.0. The molecule has 0 spiro atoms. The first kappa shape index (κ1) is 17.1. The molecule has 1 amide bonds. The van der Waals surface area contributed by atoms with Crippen molar-refractivity contribution >= 4 is 5.91 Å². The normalized spacial score (nSPS) is 21.7. The van der Waals surface area contributed by atoms with Crippen LogP contribution in [0.15, 0.2) is 18.2 Å². The van der Waals surface area contributed by atoms with E-state index in [1.165, 1.54) is 12.8 Å². The predicted molar refractivity (Wildman–Crippen MR) is 93.5 cm³/mol. The van der Waals surface area contributed by atoms with Crippen LogP contribution in [-0.4, -0.2) is 50.7 Å². The summed E-state index contributed by atoms with van der Waals surface area (Å²) >= 11 is 0. The monoisotopic (exact) mass is 332 g/mol. The van der Waals surface area contributed by atoms with Crippen LogP contribution < -0.4 is 14.8 Å². The fourth-order valence-electron chi connectivity index (χ4n) is 3.54. The van der Waals surface area contributed by atoms with Gasteiger partial charge in [-0.05, 0) is 56.4 Å². The van der Waals surface area contributed by atoms with Crippen LogP contribution in [-0.2, 0) is 11.2 Å². The third-order valence-corrected chi connectivity index (χ3v) is 5.27. The van der Waals surface area contributed by atoms with Crippen molar-refractivity contribution in [1.82, 2.24) is 10.2 Å². The van der Waals surface area contributed by atoms with Gasteiger partial charge in [-0.25, -0.2) is 0 Å². The highest BCUT2D eigenvalue weighted by Gasteiger charge is 2.27. The maximum absolute atomic E-state index is 12.5. The number of rotatable bonds is 5. The maximum Gasteiger partial charge on any atom is 0.226 e.